The van der Waals surface area contributed by atoms with Gasteiger partial charge in [0.2, 0.25) is 0 Å². The highest BCUT2D eigenvalue weighted by Crippen LogP contribution is 2.15. The Balaban J connectivity index is 1.49. The molecule has 0 aliphatic carbocycles. The van der Waals surface area contributed by atoms with Gasteiger partial charge in [-0.3, -0.25) is 4.90 Å². The molecule has 0 unspecified atom stereocenters. The molecule has 23 heavy (non-hydrogen) atoms. The molecule has 1 N–H and O–H groups in total. The molecular formula is C20H24N2S. The summed E-state index contributed by atoms with van der Waals surface area (Å²) in [5, 5.41) is 3.57. The van der Waals surface area contributed by atoms with Gasteiger partial charge in [-0.1, -0.05) is 66.8 Å². The summed E-state index contributed by atoms with van der Waals surface area (Å²) >= 11 is 5.60. The van der Waals surface area contributed by atoms with Crippen LogP contribution in [0, 0.1) is 6.92 Å². The Hall–Kier alpha value is -1.71. The fourth-order valence-electron chi connectivity index (χ4n) is 3.17. The third kappa shape index (κ3) is 4.40. The van der Waals surface area contributed by atoms with E-state index < -0.39 is 0 Å². The minimum absolute atomic E-state index is 0.495. The summed E-state index contributed by atoms with van der Waals surface area (Å²) in [6.45, 7) is 5.42. The van der Waals surface area contributed by atoms with E-state index in [1.807, 2.05) is 0 Å². The highest BCUT2D eigenvalue weighted by Gasteiger charge is 2.20. The highest BCUT2D eigenvalue weighted by atomic mass is 32.1. The van der Waals surface area contributed by atoms with Crippen LogP contribution in [-0.2, 0) is 6.54 Å². The molecule has 1 aliphatic heterocycles. The molecule has 2 aromatic carbocycles. The van der Waals surface area contributed by atoms with Gasteiger partial charge in [-0.25, -0.2) is 0 Å². The largest absolute Gasteiger partial charge is 0.373 e. The lowest BCUT2D eigenvalue weighted by Crippen LogP contribution is -2.44. The molecule has 0 saturated carbocycles. The number of likely N-dealkylation sites (tertiary alicyclic amines) is 1. The average molecular weight is 324 g/mol. The quantitative estimate of drug-likeness (QED) is 0.858. The van der Waals surface area contributed by atoms with E-state index in [1.165, 1.54) is 11.1 Å². The Kier molecular flexibility index (Phi) is 5.42. The Morgan fingerprint density at radius 1 is 1.04 bits per heavy atom. The molecule has 0 bridgehead atoms. The second kappa shape index (κ2) is 7.71. The van der Waals surface area contributed by atoms with Crippen LogP contribution < -0.4 is 5.32 Å². The molecule has 1 saturated heterocycles. The maximum atomic E-state index is 5.60. The summed E-state index contributed by atoms with van der Waals surface area (Å²) < 4.78 is 0. The summed E-state index contributed by atoms with van der Waals surface area (Å²) in [4.78, 5) is 3.43. The molecule has 120 valence electrons. The molecule has 3 rings (SSSR count). The lowest BCUT2D eigenvalue weighted by molar-refractivity contribution is 0.199. The zero-order valence-corrected chi connectivity index (χ0v) is 14.5. The van der Waals surface area contributed by atoms with E-state index in [0.717, 1.165) is 43.0 Å². The molecule has 2 nitrogen and oxygen atoms in total. The van der Waals surface area contributed by atoms with Crippen molar-refractivity contribution in [3.05, 3.63) is 71.3 Å². The Morgan fingerprint density at radius 3 is 2.39 bits per heavy atom. The van der Waals surface area contributed by atoms with Gasteiger partial charge in [0, 0.05) is 31.2 Å². The van der Waals surface area contributed by atoms with Crippen LogP contribution in [0.4, 0.5) is 0 Å². The molecule has 1 heterocycles. The summed E-state index contributed by atoms with van der Waals surface area (Å²) in [6, 6.07) is 19.5. The van der Waals surface area contributed by atoms with E-state index in [9.17, 15) is 0 Å². The predicted octanol–water partition coefficient (Wildman–Crippen LogP) is 3.92. The van der Waals surface area contributed by atoms with Crippen LogP contribution in [0.5, 0.6) is 0 Å². The Labute approximate surface area is 144 Å². The highest BCUT2D eigenvalue weighted by molar-refractivity contribution is 7.80. The van der Waals surface area contributed by atoms with E-state index in [2.05, 4.69) is 71.7 Å². The summed E-state index contributed by atoms with van der Waals surface area (Å²) in [6.07, 6.45) is 2.30. The molecule has 1 aliphatic rings. The standard InChI is InChI=1S/C20H24N2S/c1-16-7-5-6-10-19(16)20(23)21-18-11-13-22(14-12-18)15-17-8-3-2-4-9-17/h2-10,18H,11-15H2,1H3,(H,21,23). The summed E-state index contributed by atoms with van der Waals surface area (Å²) in [5.74, 6) is 0. The maximum Gasteiger partial charge on any atom is 0.107 e. The van der Waals surface area contributed by atoms with Gasteiger partial charge < -0.3 is 5.32 Å². The van der Waals surface area contributed by atoms with Gasteiger partial charge in [0.1, 0.15) is 4.99 Å². The number of benzene rings is 2. The van der Waals surface area contributed by atoms with Gasteiger partial charge in [0.15, 0.2) is 0 Å². The van der Waals surface area contributed by atoms with Crippen molar-refractivity contribution in [3.63, 3.8) is 0 Å². The molecule has 0 atom stereocenters. The van der Waals surface area contributed by atoms with Crippen molar-refractivity contribution in [1.29, 1.82) is 0 Å². The first kappa shape index (κ1) is 16.2. The molecule has 0 amide bonds. The molecule has 0 radical (unpaired) electrons. The van der Waals surface area contributed by atoms with Crippen LogP contribution in [0.2, 0.25) is 0 Å². The Morgan fingerprint density at radius 2 is 1.70 bits per heavy atom. The fraction of sp³-hybridized carbons (Fsp3) is 0.350. The van der Waals surface area contributed by atoms with Crippen molar-refractivity contribution in [3.8, 4) is 0 Å². The molecule has 1 fully saturated rings. The van der Waals surface area contributed by atoms with E-state index >= 15 is 0 Å². The second-order valence-electron chi connectivity index (χ2n) is 6.32. The SMILES string of the molecule is Cc1ccccc1C(=S)NC1CCN(Cc2ccccc2)CC1. The monoisotopic (exact) mass is 324 g/mol. The first-order chi connectivity index (χ1) is 11.2. The van der Waals surface area contributed by atoms with Crippen LogP contribution in [0.1, 0.15) is 29.5 Å². The van der Waals surface area contributed by atoms with Crippen molar-refractivity contribution < 1.29 is 0 Å². The van der Waals surface area contributed by atoms with E-state index in [4.69, 9.17) is 12.2 Å². The lowest BCUT2D eigenvalue weighted by Gasteiger charge is -2.33. The minimum atomic E-state index is 0.495. The summed E-state index contributed by atoms with van der Waals surface area (Å²) in [7, 11) is 0. The molecular weight excluding hydrogens is 300 g/mol. The average Bonchev–Trinajstić information content (AvgIpc) is 2.58. The second-order valence-corrected chi connectivity index (χ2v) is 6.73. The van der Waals surface area contributed by atoms with Gasteiger partial charge in [-0.2, -0.15) is 0 Å². The molecule has 0 aromatic heterocycles. The zero-order valence-electron chi connectivity index (χ0n) is 13.7. The number of thiocarbonyl (C=S) groups is 1. The van der Waals surface area contributed by atoms with Crippen LogP contribution in [0.3, 0.4) is 0 Å². The van der Waals surface area contributed by atoms with Gasteiger partial charge >= 0.3 is 0 Å². The minimum Gasteiger partial charge on any atom is -0.373 e. The van der Waals surface area contributed by atoms with Gasteiger partial charge in [0.05, 0.1) is 0 Å². The first-order valence-corrected chi connectivity index (χ1v) is 8.76. The van der Waals surface area contributed by atoms with Crippen molar-refractivity contribution in [2.75, 3.05) is 13.1 Å². The third-order valence-corrected chi connectivity index (χ3v) is 4.90. The van der Waals surface area contributed by atoms with E-state index in [1.54, 1.807) is 0 Å². The molecule has 3 heteroatoms. The smallest absolute Gasteiger partial charge is 0.107 e. The molecule has 0 spiro atoms. The van der Waals surface area contributed by atoms with Gasteiger partial charge in [0.25, 0.3) is 0 Å². The lowest BCUT2D eigenvalue weighted by atomic mass is 10.0. The number of aryl methyl sites for hydroxylation is 1. The maximum absolute atomic E-state index is 5.60. The normalized spacial score (nSPS) is 16.2. The van der Waals surface area contributed by atoms with Crippen molar-refractivity contribution in [1.82, 2.24) is 10.2 Å². The van der Waals surface area contributed by atoms with Gasteiger partial charge in [-0.05, 0) is 30.9 Å². The van der Waals surface area contributed by atoms with Crippen molar-refractivity contribution in [2.24, 2.45) is 0 Å². The molecule has 2 aromatic rings. The number of hydrogen-bond acceptors (Lipinski definition) is 2. The van der Waals surface area contributed by atoms with Crippen LogP contribution in [-0.4, -0.2) is 29.0 Å². The zero-order chi connectivity index (χ0) is 16.1. The van der Waals surface area contributed by atoms with Crippen LogP contribution >= 0.6 is 12.2 Å². The van der Waals surface area contributed by atoms with E-state index in [-0.39, 0.29) is 0 Å². The van der Waals surface area contributed by atoms with Crippen LogP contribution in [0.15, 0.2) is 54.6 Å². The van der Waals surface area contributed by atoms with E-state index in [0.29, 0.717) is 6.04 Å². The number of hydrogen-bond donors (Lipinski definition) is 1. The van der Waals surface area contributed by atoms with Crippen molar-refractivity contribution >= 4 is 17.2 Å². The van der Waals surface area contributed by atoms with Crippen LogP contribution in [0.25, 0.3) is 0 Å². The first-order valence-electron chi connectivity index (χ1n) is 8.35. The predicted molar refractivity (Wildman–Crippen MR) is 101 cm³/mol. The number of rotatable bonds is 4. The fourth-order valence-corrected chi connectivity index (χ4v) is 3.56. The topological polar surface area (TPSA) is 15.3 Å². The third-order valence-electron chi connectivity index (χ3n) is 4.56. The Bertz CT molecular complexity index is 646. The van der Waals surface area contributed by atoms with Gasteiger partial charge in [-0.15, -0.1) is 0 Å². The summed E-state index contributed by atoms with van der Waals surface area (Å²) in [5.41, 5.74) is 3.80. The number of nitrogens with one attached hydrogen (secondary N) is 1. The van der Waals surface area contributed by atoms with Crippen molar-refractivity contribution in [2.45, 2.75) is 32.4 Å². The number of piperidine rings is 1. The number of nitrogens with zero attached hydrogens (tertiary/aromatic N) is 1.